The Morgan fingerprint density at radius 1 is 1.20 bits per heavy atom. The summed E-state index contributed by atoms with van der Waals surface area (Å²) in [6.45, 7) is 5.86. The maximum atomic E-state index is 6.27. The van der Waals surface area contributed by atoms with Crippen LogP contribution in [0.4, 0.5) is 11.6 Å². The number of benzene rings is 1. The molecule has 0 aliphatic heterocycles. The normalized spacial score (nSPS) is 12.2. The van der Waals surface area contributed by atoms with Crippen molar-refractivity contribution in [3.05, 3.63) is 46.2 Å². The monoisotopic (exact) mass is 290 g/mol. The fraction of sp³-hybridized carbons (Fsp3) is 0.333. The molecule has 0 bridgehead atoms. The van der Waals surface area contributed by atoms with Crippen LogP contribution in [0, 0.1) is 13.8 Å². The molecule has 1 atom stereocenters. The third-order valence-electron chi connectivity index (χ3n) is 3.54. The highest BCUT2D eigenvalue weighted by atomic mass is 35.5. The zero-order chi connectivity index (χ0) is 14.9. The number of nitrogens with zero attached hydrogens (tertiary/aromatic N) is 3. The summed E-state index contributed by atoms with van der Waals surface area (Å²) in [6.07, 6.45) is 0. The number of halogens is 1. The lowest BCUT2D eigenvalue weighted by atomic mass is 10.1. The van der Waals surface area contributed by atoms with Gasteiger partial charge in [0.25, 0.3) is 0 Å². The van der Waals surface area contributed by atoms with Crippen LogP contribution in [0.25, 0.3) is 0 Å². The van der Waals surface area contributed by atoms with Crippen molar-refractivity contribution >= 4 is 23.2 Å². The van der Waals surface area contributed by atoms with Gasteiger partial charge in [-0.05, 0) is 32.4 Å². The van der Waals surface area contributed by atoms with E-state index in [1.807, 2.05) is 45.2 Å². The highest BCUT2D eigenvalue weighted by Gasteiger charge is 2.19. The molecule has 0 aliphatic rings. The number of anilines is 2. The number of aryl methyl sites for hydroxylation is 1. The number of nitrogen functional groups attached to an aromatic ring is 1. The number of nitrogens with two attached hydrogens (primary N) is 1. The zero-order valence-corrected chi connectivity index (χ0v) is 12.9. The largest absolute Gasteiger partial charge is 0.383 e. The Morgan fingerprint density at radius 2 is 1.85 bits per heavy atom. The van der Waals surface area contributed by atoms with Gasteiger partial charge in [0.1, 0.15) is 17.5 Å². The van der Waals surface area contributed by atoms with Crippen molar-refractivity contribution in [1.29, 1.82) is 0 Å². The lowest BCUT2D eigenvalue weighted by molar-refractivity contribution is 0.722. The van der Waals surface area contributed by atoms with E-state index in [2.05, 4.69) is 21.8 Å². The first-order chi connectivity index (χ1) is 9.41. The molecule has 2 aromatic rings. The first-order valence-corrected chi connectivity index (χ1v) is 6.87. The van der Waals surface area contributed by atoms with Crippen molar-refractivity contribution in [3.8, 4) is 0 Å². The Kier molecular flexibility index (Phi) is 4.14. The molecule has 0 fully saturated rings. The Balaban J connectivity index is 2.41. The lowest BCUT2D eigenvalue weighted by Crippen LogP contribution is -2.24. The molecule has 1 aromatic heterocycles. The van der Waals surface area contributed by atoms with Gasteiger partial charge in [-0.15, -0.1) is 0 Å². The molecule has 4 nitrogen and oxygen atoms in total. The van der Waals surface area contributed by atoms with E-state index in [9.17, 15) is 0 Å². The fourth-order valence-corrected chi connectivity index (χ4v) is 2.48. The van der Waals surface area contributed by atoms with Gasteiger partial charge < -0.3 is 10.6 Å². The highest BCUT2D eigenvalue weighted by molar-refractivity contribution is 6.31. The van der Waals surface area contributed by atoms with Crippen molar-refractivity contribution in [2.75, 3.05) is 17.7 Å². The summed E-state index contributed by atoms with van der Waals surface area (Å²) in [5, 5.41) is 0.753. The predicted molar refractivity (Wildman–Crippen MR) is 84.2 cm³/mol. The van der Waals surface area contributed by atoms with Gasteiger partial charge in [-0.25, -0.2) is 9.97 Å². The number of aromatic nitrogens is 2. The topological polar surface area (TPSA) is 55.0 Å². The van der Waals surface area contributed by atoms with Gasteiger partial charge in [-0.3, -0.25) is 0 Å². The second kappa shape index (κ2) is 5.67. The van der Waals surface area contributed by atoms with E-state index >= 15 is 0 Å². The number of hydrogen-bond donors (Lipinski definition) is 1. The smallest absolute Gasteiger partial charge is 0.137 e. The molecular formula is C15H19ClN4. The summed E-state index contributed by atoms with van der Waals surface area (Å²) in [5.41, 5.74) is 7.87. The van der Waals surface area contributed by atoms with Crippen LogP contribution in [0.5, 0.6) is 0 Å². The van der Waals surface area contributed by atoms with Crippen molar-refractivity contribution < 1.29 is 0 Å². The van der Waals surface area contributed by atoms with Crippen molar-refractivity contribution in [1.82, 2.24) is 9.97 Å². The number of hydrogen-bond acceptors (Lipinski definition) is 4. The van der Waals surface area contributed by atoms with Gasteiger partial charge in [-0.2, -0.15) is 0 Å². The van der Waals surface area contributed by atoms with Crippen LogP contribution in [0.15, 0.2) is 24.3 Å². The first-order valence-electron chi connectivity index (χ1n) is 6.49. The quantitative estimate of drug-likeness (QED) is 0.939. The van der Waals surface area contributed by atoms with E-state index in [1.165, 1.54) is 0 Å². The zero-order valence-electron chi connectivity index (χ0n) is 12.2. The van der Waals surface area contributed by atoms with Gasteiger partial charge in [-0.1, -0.05) is 29.8 Å². The lowest BCUT2D eigenvalue weighted by Gasteiger charge is -2.28. The van der Waals surface area contributed by atoms with Gasteiger partial charge in [0, 0.05) is 17.6 Å². The SMILES string of the molecule is Cc1nc(N)c(C)c(N(C)C(C)c2ccccc2Cl)n1. The van der Waals surface area contributed by atoms with Crippen LogP contribution in [-0.2, 0) is 0 Å². The molecule has 2 N–H and O–H groups in total. The average Bonchev–Trinajstić information content (AvgIpc) is 2.42. The standard InChI is InChI=1S/C15H19ClN4/c1-9-14(17)18-11(3)19-15(9)20(4)10(2)12-7-5-6-8-13(12)16/h5-8,10H,1-4H3,(H2,17,18,19). The minimum absolute atomic E-state index is 0.0936. The van der Waals surface area contributed by atoms with E-state index < -0.39 is 0 Å². The van der Waals surface area contributed by atoms with Crippen molar-refractivity contribution in [2.24, 2.45) is 0 Å². The molecule has 0 saturated heterocycles. The Bertz CT molecular complexity index is 627. The summed E-state index contributed by atoms with van der Waals surface area (Å²) in [7, 11) is 1.99. The van der Waals surface area contributed by atoms with Gasteiger partial charge >= 0.3 is 0 Å². The molecule has 1 heterocycles. The van der Waals surface area contributed by atoms with Crippen LogP contribution < -0.4 is 10.6 Å². The third kappa shape index (κ3) is 2.70. The molecule has 1 unspecified atom stereocenters. The summed E-state index contributed by atoms with van der Waals surface area (Å²) < 4.78 is 0. The molecule has 0 saturated carbocycles. The Hall–Kier alpha value is -1.81. The van der Waals surface area contributed by atoms with Crippen LogP contribution >= 0.6 is 11.6 Å². The molecule has 0 radical (unpaired) electrons. The van der Waals surface area contributed by atoms with Crippen LogP contribution in [0.3, 0.4) is 0 Å². The Morgan fingerprint density at radius 3 is 2.50 bits per heavy atom. The molecule has 20 heavy (non-hydrogen) atoms. The molecule has 1 aromatic carbocycles. The van der Waals surface area contributed by atoms with Gasteiger partial charge in [0.15, 0.2) is 0 Å². The summed E-state index contributed by atoms with van der Waals surface area (Å²) in [4.78, 5) is 10.8. The molecule has 5 heteroatoms. The highest BCUT2D eigenvalue weighted by Crippen LogP contribution is 2.31. The molecule has 0 spiro atoms. The first kappa shape index (κ1) is 14.6. The summed E-state index contributed by atoms with van der Waals surface area (Å²) in [6, 6.07) is 7.93. The molecule has 0 amide bonds. The van der Waals surface area contributed by atoms with E-state index in [-0.39, 0.29) is 6.04 Å². The summed E-state index contributed by atoms with van der Waals surface area (Å²) >= 11 is 6.27. The maximum Gasteiger partial charge on any atom is 0.137 e. The average molecular weight is 291 g/mol. The van der Waals surface area contributed by atoms with Crippen LogP contribution in [0.1, 0.15) is 29.9 Å². The molecule has 106 valence electrons. The second-order valence-electron chi connectivity index (χ2n) is 4.91. The van der Waals surface area contributed by atoms with Crippen molar-refractivity contribution in [3.63, 3.8) is 0 Å². The van der Waals surface area contributed by atoms with Gasteiger partial charge in [0.2, 0.25) is 0 Å². The van der Waals surface area contributed by atoms with E-state index in [0.29, 0.717) is 11.6 Å². The molecular weight excluding hydrogens is 272 g/mol. The molecule has 0 aliphatic carbocycles. The number of rotatable bonds is 3. The van der Waals surface area contributed by atoms with Crippen molar-refractivity contribution in [2.45, 2.75) is 26.8 Å². The second-order valence-corrected chi connectivity index (χ2v) is 5.32. The van der Waals surface area contributed by atoms with E-state index in [0.717, 1.165) is 22.0 Å². The minimum atomic E-state index is 0.0936. The third-order valence-corrected chi connectivity index (χ3v) is 3.88. The minimum Gasteiger partial charge on any atom is -0.383 e. The summed E-state index contributed by atoms with van der Waals surface area (Å²) in [5.74, 6) is 2.02. The molecule has 2 rings (SSSR count). The predicted octanol–water partition coefficient (Wildman–Crippen LogP) is 3.53. The van der Waals surface area contributed by atoms with Crippen LogP contribution in [-0.4, -0.2) is 17.0 Å². The van der Waals surface area contributed by atoms with Crippen LogP contribution in [0.2, 0.25) is 5.02 Å². The maximum absolute atomic E-state index is 6.27. The Labute approximate surface area is 124 Å². The fourth-order valence-electron chi connectivity index (χ4n) is 2.18. The van der Waals surface area contributed by atoms with E-state index in [1.54, 1.807) is 0 Å². The van der Waals surface area contributed by atoms with E-state index in [4.69, 9.17) is 17.3 Å². The van der Waals surface area contributed by atoms with Gasteiger partial charge in [0.05, 0.1) is 6.04 Å².